The number of ketones is 3. The van der Waals surface area contributed by atoms with Gasteiger partial charge in [-0.05, 0) is 47.9 Å². The lowest BCUT2D eigenvalue weighted by molar-refractivity contribution is -0.133. The predicted molar refractivity (Wildman–Crippen MR) is 119 cm³/mol. The van der Waals surface area contributed by atoms with Crippen LogP contribution in [-0.2, 0) is 22.6 Å². The summed E-state index contributed by atoms with van der Waals surface area (Å²) in [7, 11) is 0. The highest BCUT2D eigenvalue weighted by Gasteiger charge is 2.38. The minimum absolute atomic E-state index is 0.0453. The Labute approximate surface area is 186 Å². The van der Waals surface area contributed by atoms with E-state index in [4.69, 9.17) is 0 Å². The number of hydrogen-bond donors (Lipinski definition) is 0. The molecule has 1 fully saturated rings. The van der Waals surface area contributed by atoms with Gasteiger partial charge >= 0.3 is 0 Å². The second kappa shape index (κ2) is 9.18. The third kappa shape index (κ3) is 4.64. The van der Waals surface area contributed by atoms with Crippen LogP contribution in [0.4, 0.5) is 0 Å². The molecule has 6 heteroatoms. The van der Waals surface area contributed by atoms with Gasteiger partial charge in [-0.2, -0.15) is 0 Å². The number of amides is 1. The summed E-state index contributed by atoms with van der Waals surface area (Å²) in [5.41, 5.74) is 3.22. The molecule has 4 rings (SSSR count). The molecule has 1 aliphatic carbocycles. The van der Waals surface area contributed by atoms with Gasteiger partial charge in [0.1, 0.15) is 5.78 Å². The van der Waals surface area contributed by atoms with Crippen molar-refractivity contribution in [3.8, 4) is 0 Å². The van der Waals surface area contributed by atoms with Crippen molar-refractivity contribution >= 4 is 35.0 Å². The van der Waals surface area contributed by atoms with Crippen LogP contribution in [0, 0.1) is 0 Å². The zero-order valence-electron chi connectivity index (χ0n) is 17.6. The first-order valence-corrected chi connectivity index (χ1v) is 11.7. The number of nitrogens with zero attached hydrogens (tertiary/aromatic N) is 1. The first-order chi connectivity index (χ1) is 15.0. The maximum Gasteiger partial charge on any atom is 0.255 e. The van der Waals surface area contributed by atoms with Crippen LogP contribution >= 0.6 is 11.8 Å². The lowest BCUT2D eigenvalue weighted by Crippen LogP contribution is -2.44. The Morgan fingerprint density at radius 3 is 2.58 bits per heavy atom. The van der Waals surface area contributed by atoms with E-state index >= 15 is 0 Å². The smallest absolute Gasteiger partial charge is 0.255 e. The summed E-state index contributed by atoms with van der Waals surface area (Å²) in [5, 5.41) is 0. The highest BCUT2D eigenvalue weighted by Crippen LogP contribution is 2.30. The third-order valence-electron chi connectivity index (χ3n) is 5.95. The van der Waals surface area contributed by atoms with Crippen molar-refractivity contribution in [2.75, 3.05) is 5.75 Å². The summed E-state index contributed by atoms with van der Waals surface area (Å²) >= 11 is 1.75. The molecule has 0 aromatic heterocycles. The summed E-state index contributed by atoms with van der Waals surface area (Å²) < 4.78 is 0. The molecule has 0 spiro atoms. The number of Topliss-reactive ketones (excluding diaryl/α,β-unsaturated/α-hetero) is 3. The van der Waals surface area contributed by atoms with Crippen molar-refractivity contribution in [1.82, 2.24) is 4.90 Å². The maximum absolute atomic E-state index is 12.8. The number of thioether (sulfide) groups is 1. The van der Waals surface area contributed by atoms with Crippen LogP contribution in [0.25, 0.3) is 0 Å². The molecule has 0 radical (unpaired) electrons. The van der Waals surface area contributed by atoms with Crippen LogP contribution in [0.15, 0.2) is 47.4 Å². The van der Waals surface area contributed by atoms with Gasteiger partial charge in [0, 0.05) is 35.4 Å². The minimum Gasteiger partial charge on any atom is -0.324 e. The van der Waals surface area contributed by atoms with Gasteiger partial charge in [0.05, 0.1) is 12.5 Å². The van der Waals surface area contributed by atoms with Crippen LogP contribution in [0.3, 0.4) is 0 Å². The largest absolute Gasteiger partial charge is 0.324 e. The second-order valence-electron chi connectivity index (χ2n) is 8.04. The number of carbonyl (C=O) groups is 4. The van der Waals surface area contributed by atoms with Crippen molar-refractivity contribution in [2.45, 2.75) is 56.5 Å². The van der Waals surface area contributed by atoms with Crippen LogP contribution in [-0.4, -0.2) is 40.0 Å². The Balaban J connectivity index is 1.39. The summed E-state index contributed by atoms with van der Waals surface area (Å²) in [6.45, 7) is 2.48. The number of fused-ring (bicyclic) bond motifs is 1. The van der Waals surface area contributed by atoms with E-state index in [9.17, 15) is 19.2 Å². The number of benzene rings is 2. The van der Waals surface area contributed by atoms with Gasteiger partial charge in [0.2, 0.25) is 0 Å². The molecule has 0 saturated heterocycles. The number of carbonyl (C=O) groups excluding carboxylic acids is 4. The van der Waals surface area contributed by atoms with Crippen LogP contribution in [0.5, 0.6) is 0 Å². The highest BCUT2D eigenvalue weighted by atomic mass is 32.2. The zero-order chi connectivity index (χ0) is 22.0. The Morgan fingerprint density at radius 2 is 1.87 bits per heavy atom. The lowest BCUT2D eigenvalue weighted by atomic mass is 9.92. The molecule has 2 aromatic carbocycles. The van der Waals surface area contributed by atoms with Crippen molar-refractivity contribution < 1.29 is 19.2 Å². The average Bonchev–Trinajstić information content (AvgIpc) is 3.08. The fraction of sp³-hybridized carbons (Fsp3) is 0.360. The molecular weight excluding hydrogens is 410 g/mol. The molecule has 1 aliphatic heterocycles. The Morgan fingerprint density at radius 1 is 1.10 bits per heavy atom. The molecule has 5 nitrogen and oxygen atoms in total. The fourth-order valence-corrected chi connectivity index (χ4v) is 4.96. The number of aryl methyl sites for hydroxylation is 1. The first kappa shape index (κ1) is 21.5. The fourth-order valence-electron chi connectivity index (χ4n) is 4.30. The average molecular weight is 436 g/mol. The minimum atomic E-state index is -0.503. The number of rotatable bonds is 7. The van der Waals surface area contributed by atoms with E-state index in [0.29, 0.717) is 43.4 Å². The zero-order valence-corrected chi connectivity index (χ0v) is 18.4. The molecule has 1 amide bonds. The standard InChI is InChI=1S/C25H25NO4S/c1-2-31-20-8-5-17(6-9-20)23(28)12-4-16-3-10-21-18(13-16)15-26(25(21)30)22-11-7-19(27)14-24(22)29/h3,5-6,8-10,13,22H,2,4,7,11-12,14-15H2,1H3. The van der Waals surface area contributed by atoms with Crippen LogP contribution < -0.4 is 0 Å². The SMILES string of the molecule is CCSc1ccc(C(=O)CCc2ccc3c(c2)CN(C2CCC(=O)CC2=O)C3=O)cc1. The molecule has 160 valence electrons. The van der Waals surface area contributed by atoms with E-state index in [1.54, 1.807) is 22.7 Å². The Kier molecular flexibility index (Phi) is 6.37. The molecular formula is C25H25NO4S. The molecule has 2 aromatic rings. The quantitative estimate of drug-likeness (QED) is 0.369. The summed E-state index contributed by atoms with van der Waals surface area (Å²) in [5.74, 6) is 0.750. The summed E-state index contributed by atoms with van der Waals surface area (Å²) in [4.78, 5) is 51.9. The predicted octanol–water partition coefficient (Wildman–Crippen LogP) is 4.26. The Hall–Kier alpha value is -2.73. The second-order valence-corrected chi connectivity index (χ2v) is 9.38. The first-order valence-electron chi connectivity index (χ1n) is 10.7. The van der Waals surface area contributed by atoms with E-state index in [0.717, 1.165) is 21.8 Å². The van der Waals surface area contributed by atoms with E-state index in [2.05, 4.69) is 6.92 Å². The molecule has 1 atom stereocenters. The lowest BCUT2D eigenvalue weighted by Gasteiger charge is -2.29. The van der Waals surface area contributed by atoms with Crippen molar-refractivity contribution in [3.63, 3.8) is 0 Å². The van der Waals surface area contributed by atoms with Crippen LogP contribution in [0.1, 0.15) is 64.4 Å². The molecule has 1 saturated carbocycles. The van der Waals surface area contributed by atoms with Gasteiger partial charge in [-0.1, -0.05) is 31.2 Å². The molecule has 0 bridgehead atoms. The van der Waals surface area contributed by atoms with Gasteiger partial charge < -0.3 is 4.90 Å². The van der Waals surface area contributed by atoms with Gasteiger partial charge in [0.15, 0.2) is 11.6 Å². The summed E-state index contributed by atoms with van der Waals surface area (Å²) in [6, 6.07) is 12.9. The monoisotopic (exact) mass is 435 g/mol. The van der Waals surface area contributed by atoms with Gasteiger partial charge in [-0.3, -0.25) is 19.2 Å². The Bertz CT molecular complexity index is 1040. The van der Waals surface area contributed by atoms with Crippen LogP contribution in [0.2, 0.25) is 0 Å². The molecule has 0 N–H and O–H groups in total. The van der Waals surface area contributed by atoms with Crippen molar-refractivity contribution in [1.29, 1.82) is 0 Å². The van der Waals surface area contributed by atoms with Crippen molar-refractivity contribution in [2.24, 2.45) is 0 Å². The van der Waals surface area contributed by atoms with E-state index in [1.165, 1.54) is 0 Å². The molecule has 1 unspecified atom stereocenters. The third-order valence-corrected chi connectivity index (χ3v) is 6.84. The normalized spacial score (nSPS) is 18.4. The summed E-state index contributed by atoms with van der Waals surface area (Å²) in [6.07, 6.45) is 1.69. The highest BCUT2D eigenvalue weighted by molar-refractivity contribution is 7.99. The van der Waals surface area contributed by atoms with E-state index < -0.39 is 6.04 Å². The van der Waals surface area contributed by atoms with Gasteiger partial charge in [0.25, 0.3) is 5.91 Å². The van der Waals surface area contributed by atoms with Crippen molar-refractivity contribution in [3.05, 3.63) is 64.7 Å². The molecule has 2 aliphatic rings. The van der Waals surface area contributed by atoms with Gasteiger partial charge in [-0.25, -0.2) is 0 Å². The number of hydrogen-bond acceptors (Lipinski definition) is 5. The topological polar surface area (TPSA) is 71.5 Å². The molecule has 31 heavy (non-hydrogen) atoms. The molecule has 1 heterocycles. The van der Waals surface area contributed by atoms with E-state index in [1.807, 2.05) is 36.4 Å². The maximum atomic E-state index is 12.8. The van der Waals surface area contributed by atoms with Gasteiger partial charge in [-0.15, -0.1) is 11.8 Å². The van der Waals surface area contributed by atoms with E-state index in [-0.39, 0.29) is 29.7 Å².